The van der Waals surface area contributed by atoms with Gasteiger partial charge in [-0.15, -0.1) is 0 Å². The third-order valence-electron chi connectivity index (χ3n) is 4.20. The van der Waals surface area contributed by atoms with Gasteiger partial charge in [-0.3, -0.25) is 9.36 Å². The molecule has 0 aromatic carbocycles. The second-order valence-electron chi connectivity index (χ2n) is 6.22. The Labute approximate surface area is 144 Å². The predicted octanol–water partition coefficient (Wildman–Crippen LogP) is 2.26. The Hall–Kier alpha value is -1.67. The maximum absolute atomic E-state index is 12.6. The smallest absolute Gasteiger partial charge is 0.244 e. The first kappa shape index (κ1) is 18.7. The summed E-state index contributed by atoms with van der Waals surface area (Å²) in [5.74, 6) is 0. The van der Waals surface area contributed by atoms with Gasteiger partial charge in [-0.2, -0.15) is 10.2 Å². The summed E-state index contributed by atoms with van der Waals surface area (Å²) < 4.78 is 31.6. The summed E-state index contributed by atoms with van der Waals surface area (Å²) in [7, 11) is -3.56. The van der Waals surface area contributed by atoms with Crippen LogP contribution in [0.25, 0.3) is 0 Å². The standard InChI is InChI=1S/C16H27N5O2S/c1-7-20-15(6)16(14(5)19-20)24(22,23)17-9-8-12(3)21-13(4)10-11(2)18-21/h10,12,17H,7-9H2,1-6H3/t12-/m0/s1. The van der Waals surface area contributed by atoms with E-state index >= 15 is 0 Å². The quantitative estimate of drug-likeness (QED) is 0.828. The van der Waals surface area contributed by atoms with Gasteiger partial charge in [0.25, 0.3) is 0 Å². The molecule has 0 unspecified atom stereocenters. The van der Waals surface area contributed by atoms with E-state index in [1.807, 2.05) is 38.4 Å². The van der Waals surface area contributed by atoms with Crippen molar-refractivity contribution in [3.8, 4) is 0 Å². The van der Waals surface area contributed by atoms with Crippen LogP contribution in [0, 0.1) is 27.7 Å². The van der Waals surface area contributed by atoms with Crippen LogP contribution in [0.15, 0.2) is 11.0 Å². The molecule has 1 N–H and O–H groups in total. The molecule has 1 atom stereocenters. The van der Waals surface area contributed by atoms with E-state index in [9.17, 15) is 8.42 Å². The highest BCUT2D eigenvalue weighted by Gasteiger charge is 2.24. The van der Waals surface area contributed by atoms with Crippen molar-refractivity contribution in [2.75, 3.05) is 6.54 Å². The fraction of sp³-hybridized carbons (Fsp3) is 0.625. The minimum absolute atomic E-state index is 0.127. The van der Waals surface area contributed by atoms with E-state index in [1.54, 1.807) is 18.5 Å². The number of sulfonamides is 1. The molecule has 2 aromatic rings. The number of nitrogens with zero attached hydrogens (tertiary/aromatic N) is 4. The molecule has 0 saturated carbocycles. The van der Waals surface area contributed by atoms with Gasteiger partial charge < -0.3 is 0 Å². The zero-order valence-electron chi connectivity index (χ0n) is 15.3. The van der Waals surface area contributed by atoms with Crippen molar-refractivity contribution in [2.24, 2.45) is 0 Å². The SMILES string of the molecule is CCn1nc(C)c(S(=O)(=O)NCC[C@H](C)n2nc(C)cc2C)c1C. The van der Waals surface area contributed by atoms with Crippen molar-refractivity contribution in [1.29, 1.82) is 0 Å². The van der Waals surface area contributed by atoms with Crippen molar-refractivity contribution in [3.63, 3.8) is 0 Å². The van der Waals surface area contributed by atoms with Crippen molar-refractivity contribution >= 4 is 10.0 Å². The van der Waals surface area contributed by atoms with E-state index in [2.05, 4.69) is 14.9 Å². The average Bonchev–Trinajstić information content (AvgIpc) is 2.97. The van der Waals surface area contributed by atoms with Crippen LogP contribution in [0.1, 0.15) is 49.1 Å². The summed E-state index contributed by atoms with van der Waals surface area (Å²) in [4.78, 5) is 0.295. The third kappa shape index (κ3) is 3.70. The molecule has 0 saturated heterocycles. The molecular weight excluding hydrogens is 326 g/mol. The van der Waals surface area contributed by atoms with Crippen LogP contribution in [0.4, 0.5) is 0 Å². The van der Waals surface area contributed by atoms with E-state index in [0.29, 0.717) is 35.8 Å². The van der Waals surface area contributed by atoms with E-state index in [4.69, 9.17) is 0 Å². The highest BCUT2D eigenvalue weighted by atomic mass is 32.2. The lowest BCUT2D eigenvalue weighted by Gasteiger charge is -2.15. The fourth-order valence-corrected chi connectivity index (χ4v) is 4.52. The molecule has 0 spiro atoms. The normalized spacial score (nSPS) is 13.4. The molecule has 0 aliphatic carbocycles. The maximum atomic E-state index is 12.6. The zero-order valence-corrected chi connectivity index (χ0v) is 16.1. The van der Waals surface area contributed by atoms with E-state index < -0.39 is 10.0 Å². The summed E-state index contributed by atoms with van der Waals surface area (Å²) in [5.41, 5.74) is 3.26. The lowest BCUT2D eigenvalue weighted by Crippen LogP contribution is -2.27. The molecule has 2 aromatic heterocycles. The van der Waals surface area contributed by atoms with Crippen LogP contribution < -0.4 is 4.72 Å². The predicted molar refractivity (Wildman–Crippen MR) is 93.6 cm³/mol. The molecule has 0 fully saturated rings. The van der Waals surface area contributed by atoms with Gasteiger partial charge in [0.1, 0.15) is 4.90 Å². The summed E-state index contributed by atoms with van der Waals surface area (Å²) in [6, 6.07) is 2.15. The van der Waals surface area contributed by atoms with E-state index in [-0.39, 0.29) is 6.04 Å². The molecule has 0 aliphatic heterocycles. The molecule has 0 bridgehead atoms. The highest BCUT2D eigenvalue weighted by molar-refractivity contribution is 7.89. The lowest BCUT2D eigenvalue weighted by atomic mass is 10.2. The first-order valence-electron chi connectivity index (χ1n) is 8.23. The van der Waals surface area contributed by atoms with E-state index in [0.717, 1.165) is 11.4 Å². The van der Waals surface area contributed by atoms with Crippen LogP contribution in [-0.2, 0) is 16.6 Å². The molecule has 0 amide bonds. The monoisotopic (exact) mass is 353 g/mol. The number of hydrogen-bond acceptors (Lipinski definition) is 4. The summed E-state index contributed by atoms with van der Waals surface area (Å²) >= 11 is 0. The Morgan fingerprint density at radius 1 is 1.21 bits per heavy atom. The summed E-state index contributed by atoms with van der Waals surface area (Å²) in [6.07, 6.45) is 0.668. The molecule has 0 radical (unpaired) electrons. The molecule has 8 heteroatoms. The van der Waals surface area contributed by atoms with Crippen LogP contribution in [-0.4, -0.2) is 34.5 Å². The molecule has 2 heterocycles. The van der Waals surface area contributed by atoms with Crippen molar-refractivity contribution in [3.05, 3.63) is 28.8 Å². The van der Waals surface area contributed by atoms with Crippen molar-refractivity contribution < 1.29 is 8.42 Å². The third-order valence-corrected chi connectivity index (χ3v) is 5.91. The number of hydrogen-bond donors (Lipinski definition) is 1. The minimum Gasteiger partial charge on any atom is -0.268 e. The molecule has 7 nitrogen and oxygen atoms in total. The van der Waals surface area contributed by atoms with Crippen LogP contribution in [0.3, 0.4) is 0 Å². The zero-order chi connectivity index (χ0) is 18.1. The van der Waals surface area contributed by atoms with Gasteiger partial charge in [-0.25, -0.2) is 13.1 Å². The Balaban J connectivity index is 2.06. The van der Waals surface area contributed by atoms with Crippen LogP contribution in [0.5, 0.6) is 0 Å². The van der Waals surface area contributed by atoms with Crippen LogP contribution >= 0.6 is 0 Å². The largest absolute Gasteiger partial charge is 0.268 e. The van der Waals surface area contributed by atoms with Gasteiger partial charge in [-0.05, 0) is 54.0 Å². The first-order valence-corrected chi connectivity index (χ1v) is 9.72. The van der Waals surface area contributed by atoms with E-state index in [1.165, 1.54) is 0 Å². The highest BCUT2D eigenvalue weighted by Crippen LogP contribution is 2.20. The Bertz CT molecular complexity index is 820. The number of aryl methyl sites for hydroxylation is 4. The second-order valence-corrected chi connectivity index (χ2v) is 7.93. The lowest BCUT2D eigenvalue weighted by molar-refractivity contribution is 0.446. The Kier molecular flexibility index (Phi) is 5.49. The van der Waals surface area contributed by atoms with Gasteiger partial charge in [0.05, 0.1) is 23.1 Å². The van der Waals surface area contributed by atoms with Gasteiger partial charge in [-0.1, -0.05) is 0 Å². The van der Waals surface area contributed by atoms with Crippen LogP contribution in [0.2, 0.25) is 0 Å². The molecular formula is C16H27N5O2S. The minimum atomic E-state index is -3.56. The number of nitrogens with one attached hydrogen (secondary N) is 1. The Morgan fingerprint density at radius 3 is 2.38 bits per heavy atom. The molecule has 0 aliphatic rings. The van der Waals surface area contributed by atoms with Crippen molar-refractivity contribution in [2.45, 2.75) is 65.4 Å². The topological polar surface area (TPSA) is 81.8 Å². The fourth-order valence-electron chi connectivity index (χ4n) is 3.07. The Morgan fingerprint density at radius 2 is 1.88 bits per heavy atom. The second kappa shape index (κ2) is 7.06. The molecule has 134 valence electrons. The first-order chi connectivity index (χ1) is 11.2. The van der Waals surface area contributed by atoms with Gasteiger partial charge in [0.15, 0.2) is 0 Å². The maximum Gasteiger partial charge on any atom is 0.244 e. The average molecular weight is 353 g/mol. The van der Waals surface area contributed by atoms with Gasteiger partial charge >= 0.3 is 0 Å². The molecule has 2 rings (SSSR count). The molecule has 24 heavy (non-hydrogen) atoms. The summed E-state index contributed by atoms with van der Waals surface area (Å²) in [6.45, 7) is 12.5. The van der Waals surface area contributed by atoms with Gasteiger partial charge in [0.2, 0.25) is 10.0 Å². The van der Waals surface area contributed by atoms with Crippen molar-refractivity contribution in [1.82, 2.24) is 24.3 Å². The number of rotatable bonds is 7. The number of aromatic nitrogens is 4. The summed E-state index contributed by atoms with van der Waals surface area (Å²) in [5, 5.41) is 8.74. The van der Waals surface area contributed by atoms with Gasteiger partial charge in [0, 0.05) is 18.8 Å².